The van der Waals surface area contributed by atoms with E-state index in [2.05, 4.69) is 39.7 Å². The molecule has 0 fully saturated rings. The lowest BCUT2D eigenvalue weighted by atomic mass is 10.0. The molecule has 0 aliphatic rings. The molecule has 2 aromatic carbocycles. The number of rotatable bonds is 6. The van der Waals surface area contributed by atoms with Crippen molar-refractivity contribution in [2.45, 2.75) is 6.54 Å². The van der Waals surface area contributed by atoms with E-state index in [0.29, 0.717) is 23.7 Å². The van der Waals surface area contributed by atoms with E-state index in [1.807, 2.05) is 30.3 Å². The average molecular weight is 384 g/mol. The molecular weight excluding hydrogens is 364 g/mol. The van der Waals surface area contributed by atoms with Crippen LogP contribution in [0, 0.1) is 0 Å². The van der Waals surface area contributed by atoms with Crippen LogP contribution in [0.25, 0.3) is 16.9 Å². The summed E-state index contributed by atoms with van der Waals surface area (Å²) in [5.74, 6) is 0.788. The number of benzene rings is 2. The summed E-state index contributed by atoms with van der Waals surface area (Å²) >= 11 is 0. The van der Waals surface area contributed by atoms with Crippen LogP contribution in [0.4, 0.5) is 0 Å². The van der Waals surface area contributed by atoms with Gasteiger partial charge in [-0.1, -0.05) is 54.6 Å². The van der Waals surface area contributed by atoms with Crippen molar-refractivity contribution in [2.75, 3.05) is 7.11 Å². The van der Waals surface area contributed by atoms with Crippen LogP contribution in [0.1, 0.15) is 15.9 Å². The van der Waals surface area contributed by atoms with E-state index in [0.717, 1.165) is 16.7 Å². The number of nitrogens with zero attached hydrogens (tertiary/aromatic N) is 3. The Morgan fingerprint density at radius 3 is 2.48 bits per heavy atom. The van der Waals surface area contributed by atoms with Crippen molar-refractivity contribution in [2.24, 2.45) is 0 Å². The second-order valence-corrected chi connectivity index (χ2v) is 6.44. The Labute approximate surface area is 168 Å². The van der Waals surface area contributed by atoms with Crippen molar-refractivity contribution in [3.8, 4) is 22.7 Å². The van der Waals surface area contributed by atoms with Gasteiger partial charge in [0.2, 0.25) is 0 Å². The van der Waals surface area contributed by atoms with Crippen molar-refractivity contribution in [1.29, 1.82) is 0 Å². The molecule has 4 rings (SSSR count). The van der Waals surface area contributed by atoms with E-state index in [1.54, 1.807) is 29.2 Å². The zero-order valence-corrected chi connectivity index (χ0v) is 15.9. The van der Waals surface area contributed by atoms with Crippen LogP contribution in [-0.4, -0.2) is 27.8 Å². The molecule has 0 atom stereocenters. The number of nitrogens with one attached hydrogen (secondary N) is 1. The summed E-state index contributed by atoms with van der Waals surface area (Å²) < 4.78 is 6.99. The molecule has 2 heterocycles. The quantitative estimate of drug-likeness (QED) is 0.548. The molecule has 0 saturated heterocycles. The first-order valence-electron chi connectivity index (χ1n) is 9.21. The minimum Gasteiger partial charge on any atom is -0.496 e. The van der Waals surface area contributed by atoms with Gasteiger partial charge in [0.15, 0.2) is 5.82 Å². The lowest BCUT2D eigenvalue weighted by Gasteiger charge is -2.11. The van der Waals surface area contributed by atoms with Crippen LogP contribution in [-0.2, 0) is 6.54 Å². The van der Waals surface area contributed by atoms with Crippen LogP contribution in [0.5, 0.6) is 5.75 Å². The van der Waals surface area contributed by atoms with Gasteiger partial charge in [-0.25, -0.2) is 9.67 Å². The van der Waals surface area contributed by atoms with Crippen LogP contribution >= 0.6 is 0 Å². The average Bonchev–Trinajstić information content (AvgIpc) is 3.33. The smallest absolute Gasteiger partial charge is 0.256 e. The summed E-state index contributed by atoms with van der Waals surface area (Å²) in [6.07, 6.45) is 4.95. The third kappa shape index (κ3) is 4.16. The van der Waals surface area contributed by atoms with Gasteiger partial charge in [0.05, 0.1) is 12.7 Å². The molecule has 144 valence electrons. The monoisotopic (exact) mass is 384 g/mol. The fourth-order valence-electron chi connectivity index (χ4n) is 3.02. The number of carbonyl (C=O) groups excluding carboxylic acids is 1. The minimum atomic E-state index is -0.242. The van der Waals surface area contributed by atoms with Crippen LogP contribution in [0.15, 0.2) is 85.3 Å². The molecular formula is C23H20N4O2. The highest BCUT2D eigenvalue weighted by atomic mass is 16.5. The zero-order chi connectivity index (χ0) is 20.1. The molecule has 0 radical (unpaired) electrons. The van der Waals surface area contributed by atoms with E-state index < -0.39 is 0 Å². The molecule has 0 aliphatic heterocycles. The number of methoxy groups -OCH3 is 1. The van der Waals surface area contributed by atoms with Gasteiger partial charge in [-0.2, -0.15) is 5.10 Å². The van der Waals surface area contributed by atoms with Crippen LogP contribution in [0.2, 0.25) is 0 Å². The predicted molar refractivity (Wildman–Crippen MR) is 111 cm³/mol. The first-order chi connectivity index (χ1) is 14.2. The Morgan fingerprint density at radius 2 is 1.79 bits per heavy atom. The fourth-order valence-corrected chi connectivity index (χ4v) is 3.02. The summed E-state index contributed by atoms with van der Waals surface area (Å²) in [5, 5.41) is 7.06. The van der Waals surface area contributed by atoms with Gasteiger partial charge in [0.1, 0.15) is 5.75 Å². The maximum Gasteiger partial charge on any atom is 0.256 e. The molecule has 0 aliphatic carbocycles. The van der Waals surface area contributed by atoms with Crippen molar-refractivity contribution >= 4 is 5.91 Å². The zero-order valence-electron chi connectivity index (χ0n) is 15.9. The minimum absolute atomic E-state index is 0.242. The standard InChI is InChI=1S/C23H20N4O2/c1-29-21-14-22(27-13-5-12-26-27)24-16-20(21)23(28)25-15-17-8-10-19(11-9-17)18-6-3-2-4-7-18/h2-14,16H,15H2,1H3,(H,25,28). The van der Waals surface area contributed by atoms with E-state index in [9.17, 15) is 4.79 Å². The number of amides is 1. The summed E-state index contributed by atoms with van der Waals surface area (Å²) in [4.78, 5) is 16.9. The normalized spacial score (nSPS) is 10.5. The Kier molecular flexibility index (Phi) is 5.33. The molecule has 6 nitrogen and oxygen atoms in total. The number of carbonyl (C=O) groups is 1. The van der Waals surface area contributed by atoms with E-state index in [-0.39, 0.29) is 5.91 Å². The third-order valence-corrected chi connectivity index (χ3v) is 4.57. The van der Waals surface area contributed by atoms with Crippen molar-refractivity contribution < 1.29 is 9.53 Å². The largest absolute Gasteiger partial charge is 0.496 e. The van der Waals surface area contributed by atoms with E-state index in [4.69, 9.17) is 4.74 Å². The van der Waals surface area contributed by atoms with E-state index in [1.165, 1.54) is 13.3 Å². The third-order valence-electron chi connectivity index (χ3n) is 4.57. The van der Waals surface area contributed by atoms with Crippen LogP contribution < -0.4 is 10.1 Å². The highest BCUT2D eigenvalue weighted by molar-refractivity contribution is 5.96. The lowest BCUT2D eigenvalue weighted by Crippen LogP contribution is -2.23. The Balaban J connectivity index is 1.44. The van der Waals surface area contributed by atoms with Crippen LogP contribution in [0.3, 0.4) is 0 Å². The SMILES string of the molecule is COc1cc(-n2cccn2)ncc1C(=O)NCc1ccc(-c2ccccc2)cc1. The molecule has 29 heavy (non-hydrogen) atoms. The fraction of sp³-hybridized carbons (Fsp3) is 0.0870. The molecule has 1 N–H and O–H groups in total. The number of hydrogen-bond acceptors (Lipinski definition) is 4. The number of pyridine rings is 1. The number of ether oxygens (including phenoxy) is 1. The van der Waals surface area contributed by atoms with Gasteiger partial charge in [-0.3, -0.25) is 4.79 Å². The molecule has 0 unspecified atom stereocenters. The molecule has 0 saturated carbocycles. The summed E-state index contributed by atoms with van der Waals surface area (Å²) in [7, 11) is 1.53. The first kappa shape index (κ1) is 18.4. The molecule has 2 aromatic heterocycles. The predicted octanol–water partition coefficient (Wildman–Crippen LogP) is 3.87. The molecule has 0 spiro atoms. The maximum atomic E-state index is 12.6. The Bertz CT molecular complexity index is 1090. The van der Waals surface area contributed by atoms with Gasteiger partial charge in [0.25, 0.3) is 5.91 Å². The summed E-state index contributed by atoms with van der Waals surface area (Å²) in [6.45, 7) is 0.415. The molecule has 1 amide bonds. The van der Waals surface area contributed by atoms with Gasteiger partial charge in [-0.05, 0) is 22.8 Å². The number of aromatic nitrogens is 3. The highest BCUT2D eigenvalue weighted by Gasteiger charge is 2.14. The molecule has 6 heteroatoms. The lowest BCUT2D eigenvalue weighted by molar-refractivity contribution is 0.0947. The Hall–Kier alpha value is -3.93. The molecule has 0 bridgehead atoms. The van der Waals surface area contributed by atoms with Crippen molar-refractivity contribution in [3.05, 3.63) is 96.4 Å². The van der Waals surface area contributed by atoms with Crippen molar-refractivity contribution in [3.63, 3.8) is 0 Å². The summed E-state index contributed by atoms with van der Waals surface area (Å²) in [5.41, 5.74) is 3.69. The first-order valence-corrected chi connectivity index (χ1v) is 9.21. The Morgan fingerprint density at radius 1 is 1.03 bits per heavy atom. The van der Waals surface area contributed by atoms with Gasteiger partial charge in [-0.15, -0.1) is 0 Å². The highest BCUT2D eigenvalue weighted by Crippen LogP contribution is 2.21. The van der Waals surface area contributed by atoms with Crippen molar-refractivity contribution in [1.82, 2.24) is 20.1 Å². The topological polar surface area (TPSA) is 69.0 Å². The van der Waals surface area contributed by atoms with Gasteiger partial charge in [0, 0.05) is 31.2 Å². The summed E-state index contributed by atoms with van der Waals surface area (Å²) in [6, 6.07) is 21.8. The van der Waals surface area contributed by atoms with Gasteiger partial charge >= 0.3 is 0 Å². The second-order valence-electron chi connectivity index (χ2n) is 6.44. The van der Waals surface area contributed by atoms with Gasteiger partial charge < -0.3 is 10.1 Å². The maximum absolute atomic E-state index is 12.6. The second kappa shape index (κ2) is 8.39. The molecule has 4 aromatic rings. The van der Waals surface area contributed by atoms with E-state index >= 15 is 0 Å². The number of hydrogen-bond donors (Lipinski definition) is 1.